The van der Waals surface area contributed by atoms with E-state index in [4.69, 9.17) is 9.97 Å². The minimum Gasteiger partial charge on any atom is -0.254 e. The highest BCUT2D eigenvalue weighted by atomic mass is 32.1. The van der Waals surface area contributed by atoms with E-state index < -0.39 is 0 Å². The summed E-state index contributed by atoms with van der Waals surface area (Å²) in [6, 6.07) is 29.5. The van der Waals surface area contributed by atoms with E-state index in [2.05, 4.69) is 77.8 Å². The molecule has 0 aliphatic carbocycles. The molecule has 144 valence electrons. The number of nitrogens with zero attached hydrogens (tertiary/aromatic N) is 3. The van der Waals surface area contributed by atoms with Crippen LogP contribution in [0.5, 0.6) is 0 Å². The number of aromatic nitrogens is 3. The standard InChI is InChI=1S/C27H15N3S/c1-3-9-20-18(7-1)23(24-19-8-2-4-10-22(19)31-27(24)30-20)21-14-13-17-12-11-16-6-5-15-28-25(16)26(17)29-21/h1-15H. The highest BCUT2D eigenvalue weighted by Crippen LogP contribution is 2.42. The molecule has 0 radical (unpaired) electrons. The summed E-state index contributed by atoms with van der Waals surface area (Å²) in [6.07, 6.45) is 1.84. The van der Waals surface area contributed by atoms with E-state index in [0.717, 1.165) is 48.8 Å². The number of pyridine rings is 3. The van der Waals surface area contributed by atoms with Gasteiger partial charge in [-0.25, -0.2) is 9.97 Å². The molecule has 0 amide bonds. The van der Waals surface area contributed by atoms with Gasteiger partial charge in [0.1, 0.15) is 4.83 Å². The zero-order valence-corrected chi connectivity index (χ0v) is 17.2. The van der Waals surface area contributed by atoms with Crippen molar-refractivity contribution in [3.05, 3.63) is 91.1 Å². The van der Waals surface area contributed by atoms with Gasteiger partial charge in [0.15, 0.2) is 0 Å². The first-order valence-corrected chi connectivity index (χ1v) is 11.0. The van der Waals surface area contributed by atoms with E-state index in [1.165, 1.54) is 15.5 Å². The molecule has 4 aromatic heterocycles. The molecule has 3 aromatic carbocycles. The zero-order valence-electron chi connectivity index (χ0n) is 16.4. The smallest absolute Gasteiger partial charge is 0.125 e. The maximum Gasteiger partial charge on any atom is 0.125 e. The second-order valence-electron chi connectivity index (χ2n) is 7.69. The number of hydrogen-bond donors (Lipinski definition) is 0. The second kappa shape index (κ2) is 6.30. The molecule has 0 atom stereocenters. The lowest BCUT2D eigenvalue weighted by molar-refractivity contribution is 1.38. The lowest BCUT2D eigenvalue weighted by atomic mass is 9.99. The Kier molecular flexibility index (Phi) is 3.43. The van der Waals surface area contributed by atoms with Crippen LogP contribution in [0.25, 0.3) is 64.3 Å². The number of fused-ring (bicyclic) bond motifs is 7. The fraction of sp³-hybridized carbons (Fsp3) is 0. The van der Waals surface area contributed by atoms with Crippen molar-refractivity contribution in [2.75, 3.05) is 0 Å². The molecule has 0 saturated heterocycles. The largest absolute Gasteiger partial charge is 0.254 e. The van der Waals surface area contributed by atoms with Crippen LogP contribution >= 0.6 is 11.3 Å². The number of rotatable bonds is 1. The van der Waals surface area contributed by atoms with Gasteiger partial charge in [-0.05, 0) is 24.3 Å². The normalized spacial score (nSPS) is 11.9. The summed E-state index contributed by atoms with van der Waals surface area (Å²) in [4.78, 5) is 15.9. The van der Waals surface area contributed by atoms with Crippen LogP contribution in [-0.4, -0.2) is 15.0 Å². The van der Waals surface area contributed by atoms with Crippen LogP contribution in [0.15, 0.2) is 91.1 Å². The van der Waals surface area contributed by atoms with E-state index in [-0.39, 0.29) is 0 Å². The molecule has 0 saturated carbocycles. The highest BCUT2D eigenvalue weighted by molar-refractivity contribution is 7.25. The first-order valence-electron chi connectivity index (χ1n) is 10.2. The van der Waals surface area contributed by atoms with Crippen molar-refractivity contribution in [1.82, 2.24) is 15.0 Å². The predicted octanol–water partition coefficient (Wildman–Crippen LogP) is 7.37. The summed E-state index contributed by atoms with van der Waals surface area (Å²) in [5.74, 6) is 0. The maximum absolute atomic E-state index is 5.17. The number of thiophene rings is 1. The predicted molar refractivity (Wildman–Crippen MR) is 131 cm³/mol. The number of para-hydroxylation sites is 1. The summed E-state index contributed by atoms with van der Waals surface area (Å²) in [6.45, 7) is 0. The van der Waals surface area contributed by atoms with Crippen LogP contribution in [0.1, 0.15) is 0 Å². The van der Waals surface area contributed by atoms with Crippen molar-refractivity contribution in [3.63, 3.8) is 0 Å². The Hall–Kier alpha value is -3.89. The summed E-state index contributed by atoms with van der Waals surface area (Å²) in [5, 5.41) is 5.73. The molecular weight excluding hydrogens is 398 g/mol. The van der Waals surface area contributed by atoms with Gasteiger partial charge in [0.2, 0.25) is 0 Å². The van der Waals surface area contributed by atoms with Crippen molar-refractivity contribution in [2.24, 2.45) is 0 Å². The van der Waals surface area contributed by atoms with Gasteiger partial charge in [0.25, 0.3) is 0 Å². The van der Waals surface area contributed by atoms with Gasteiger partial charge < -0.3 is 0 Å². The molecule has 3 nitrogen and oxygen atoms in total. The van der Waals surface area contributed by atoms with Crippen LogP contribution < -0.4 is 0 Å². The van der Waals surface area contributed by atoms with Crippen molar-refractivity contribution in [3.8, 4) is 11.3 Å². The SMILES string of the molecule is c1cnc2c(c1)ccc1ccc(-c3c4ccccc4nc4sc5ccccc5c34)nc12. The zero-order chi connectivity index (χ0) is 20.4. The maximum atomic E-state index is 5.17. The molecule has 0 aliphatic rings. The highest BCUT2D eigenvalue weighted by Gasteiger charge is 2.17. The molecule has 0 bridgehead atoms. The lowest BCUT2D eigenvalue weighted by Gasteiger charge is -2.10. The van der Waals surface area contributed by atoms with E-state index in [9.17, 15) is 0 Å². The molecule has 0 aliphatic heterocycles. The van der Waals surface area contributed by atoms with Gasteiger partial charge in [-0.15, -0.1) is 11.3 Å². The van der Waals surface area contributed by atoms with Gasteiger partial charge in [0, 0.05) is 43.4 Å². The van der Waals surface area contributed by atoms with Crippen molar-refractivity contribution < 1.29 is 0 Å². The number of benzene rings is 3. The molecule has 7 aromatic rings. The molecule has 0 N–H and O–H groups in total. The average molecular weight is 414 g/mol. The Morgan fingerprint density at radius 3 is 2.32 bits per heavy atom. The van der Waals surface area contributed by atoms with Gasteiger partial charge in [-0.1, -0.05) is 60.7 Å². The quantitative estimate of drug-likeness (QED) is 0.264. The van der Waals surface area contributed by atoms with Gasteiger partial charge in [-0.3, -0.25) is 4.98 Å². The Bertz CT molecular complexity index is 1800. The summed E-state index contributed by atoms with van der Waals surface area (Å²) in [7, 11) is 0. The Labute approximate surface area is 181 Å². The minimum atomic E-state index is 0.934. The van der Waals surface area contributed by atoms with E-state index in [1.807, 2.05) is 18.3 Å². The van der Waals surface area contributed by atoms with E-state index >= 15 is 0 Å². The third kappa shape index (κ3) is 2.43. The Balaban J connectivity index is 1.68. The molecule has 31 heavy (non-hydrogen) atoms. The molecular formula is C27H15N3S. The van der Waals surface area contributed by atoms with Gasteiger partial charge in [-0.2, -0.15) is 0 Å². The van der Waals surface area contributed by atoms with Crippen LogP contribution in [-0.2, 0) is 0 Å². The molecule has 7 rings (SSSR count). The van der Waals surface area contributed by atoms with Crippen molar-refractivity contribution >= 4 is 64.3 Å². The molecule has 4 heteroatoms. The van der Waals surface area contributed by atoms with E-state index in [0.29, 0.717) is 0 Å². The summed E-state index contributed by atoms with van der Waals surface area (Å²) in [5.41, 5.74) is 4.97. The molecule has 0 spiro atoms. The molecule has 0 fully saturated rings. The van der Waals surface area contributed by atoms with Gasteiger partial charge >= 0.3 is 0 Å². The average Bonchev–Trinajstić information content (AvgIpc) is 3.20. The third-order valence-corrected chi connectivity index (χ3v) is 6.98. The van der Waals surface area contributed by atoms with Crippen LogP contribution in [0.3, 0.4) is 0 Å². The monoisotopic (exact) mass is 413 g/mol. The lowest BCUT2D eigenvalue weighted by Crippen LogP contribution is -1.91. The topological polar surface area (TPSA) is 38.7 Å². The minimum absolute atomic E-state index is 0.934. The van der Waals surface area contributed by atoms with Gasteiger partial charge in [0.05, 0.1) is 22.2 Å². The molecule has 0 unspecified atom stereocenters. The fourth-order valence-electron chi connectivity index (χ4n) is 4.51. The fourth-order valence-corrected chi connectivity index (χ4v) is 5.60. The number of hydrogen-bond acceptors (Lipinski definition) is 4. The Morgan fingerprint density at radius 2 is 1.39 bits per heavy atom. The van der Waals surface area contributed by atoms with Crippen molar-refractivity contribution in [1.29, 1.82) is 0 Å². The van der Waals surface area contributed by atoms with Crippen LogP contribution in [0.4, 0.5) is 0 Å². The van der Waals surface area contributed by atoms with Crippen LogP contribution in [0, 0.1) is 0 Å². The Morgan fingerprint density at radius 1 is 0.613 bits per heavy atom. The summed E-state index contributed by atoms with van der Waals surface area (Å²) >= 11 is 1.74. The second-order valence-corrected chi connectivity index (χ2v) is 8.72. The van der Waals surface area contributed by atoms with E-state index in [1.54, 1.807) is 11.3 Å². The summed E-state index contributed by atoms with van der Waals surface area (Å²) < 4.78 is 1.24. The molecule has 4 heterocycles. The third-order valence-electron chi connectivity index (χ3n) is 5.91. The van der Waals surface area contributed by atoms with Crippen molar-refractivity contribution in [2.45, 2.75) is 0 Å². The van der Waals surface area contributed by atoms with Crippen LogP contribution in [0.2, 0.25) is 0 Å². The first-order chi connectivity index (χ1) is 15.4. The first kappa shape index (κ1) is 16.9.